The van der Waals surface area contributed by atoms with Crippen molar-refractivity contribution in [3.8, 4) is 5.88 Å². The molecule has 2 heterocycles. The van der Waals surface area contributed by atoms with Crippen LogP contribution in [0.3, 0.4) is 0 Å². The molecule has 0 atom stereocenters. The third kappa shape index (κ3) is 3.15. The summed E-state index contributed by atoms with van der Waals surface area (Å²) in [4.78, 5) is 28.0. The van der Waals surface area contributed by atoms with Gasteiger partial charge in [0, 0.05) is 37.2 Å². The van der Waals surface area contributed by atoms with Gasteiger partial charge in [-0.05, 0) is 24.3 Å². The lowest BCUT2D eigenvalue weighted by Crippen LogP contribution is -2.42. The van der Waals surface area contributed by atoms with Gasteiger partial charge in [0.25, 0.3) is 5.79 Å². The number of esters is 2. The smallest absolute Gasteiger partial charge is 0.350 e. The van der Waals surface area contributed by atoms with E-state index in [1.54, 1.807) is 25.3 Å². The van der Waals surface area contributed by atoms with Gasteiger partial charge in [-0.15, -0.1) is 0 Å². The Morgan fingerprint density at radius 2 is 1.83 bits per heavy atom. The zero-order valence-corrected chi connectivity index (χ0v) is 13.5. The molecule has 1 aliphatic rings. The molecule has 0 aliphatic carbocycles. The van der Waals surface area contributed by atoms with Gasteiger partial charge in [0.1, 0.15) is 0 Å². The molecule has 0 radical (unpaired) electrons. The monoisotopic (exact) mass is 328 g/mol. The van der Waals surface area contributed by atoms with Crippen molar-refractivity contribution in [3.05, 3.63) is 42.1 Å². The molecule has 1 aromatic carbocycles. The molecule has 1 N–H and O–H groups in total. The molecule has 3 rings (SSSR count). The molecule has 2 aromatic rings. The van der Waals surface area contributed by atoms with Gasteiger partial charge in [0.05, 0.1) is 12.6 Å². The van der Waals surface area contributed by atoms with E-state index >= 15 is 0 Å². The maximum Gasteiger partial charge on any atom is 0.350 e. The fourth-order valence-corrected chi connectivity index (χ4v) is 2.24. The SMILES string of the molecule is COc1ccc2cc(NC=C3C(=O)OC(C)(C)OC3=O)ccc2n1. The third-order valence-electron chi connectivity index (χ3n) is 3.37. The van der Waals surface area contributed by atoms with Crippen LogP contribution in [0.25, 0.3) is 10.9 Å². The van der Waals surface area contributed by atoms with Crippen LogP contribution in [0.4, 0.5) is 5.69 Å². The second kappa shape index (κ2) is 5.84. The van der Waals surface area contributed by atoms with Gasteiger partial charge in [0.2, 0.25) is 5.88 Å². The van der Waals surface area contributed by atoms with Crippen LogP contribution < -0.4 is 10.1 Å². The van der Waals surface area contributed by atoms with Crippen LogP contribution in [0.1, 0.15) is 13.8 Å². The van der Waals surface area contributed by atoms with Gasteiger partial charge in [0.15, 0.2) is 5.57 Å². The number of aromatic nitrogens is 1. The minimum atomic E-state index is -1.25. The second-order valence-electron chi connectivity index (χ2n) is 5.64. The summed E-state index contributed by atoms with van der Waals surface area (Å²) in [6, 6.07) is 9.03. The Hall–Kier alpha value is -3.09. The first-order chi connectivity index (χ1) is 11.4. The number of pyridine rings is 1. The number of methoxy groups -OCH3 is 1. The maximum atomic E-state index is 11.9. The molecule has 1 aliphatic heterocycles. The fraction of sp³-hybridized carbons (Fsp3) is 0.235. The van der Waals surface area contributed by atoms with Gasteiger partial charge in [-0.25, -0.2) is 14.6 Å². The number of rotatable bonds is 3. The molecule has 0 spiro atoms. The van der Waals surface area contributed by atoms with Crippen molar-refractivity contribution in [1.29, 1.82) is 0 Å². The number of benzene rings is 1. The lowest BCUT2D eigenvalue weighted by Gasteiger charge is -2.29. The van der Waals surface area contributed by atoms with Crippen LogP contribution in [-0.2, 0) is 19.1 Å². The quantitative estimate of drug-likeness (QED) is 0.526. The van der Waals surface area contributed by atoms with Crippen molar-refractivity contribution in [1.82, 2.24) is 4.98 Å². The van der Waals surface area contributed by atoms with Crippen LogP contribution in [-0.4, -0.2) is 29.8 Å². The lowest BCUT2D eigenvalue weighted by molar-refractivity contribution is -0.222. The number of anilines is 1. The summed E-state index contributed by atoms with van der Waals surface area (Å²) in [5, 5.41) is 3.78. The highest BCUT2D eigenvalue weighted by molar-refractivity contribution is 6.15. The van der Waals surface area contributed by atoms with Crippen molar-refractivity contribution in [3.63, 3.8) is 0 Å². The maximum absolute atomic E-state index is 11.9. The number of carbonyl (C=O) groups is 2. The fourth-order valence-electron chi connectivity index (χ4n) is 2.24. The largest absolute Gasteiger partial charge is 0.481 e. The van der Waals surface area contributed by atoms with Gasteiger partial charge < -0.3 is 19.5 Å². The molecule has 0 bridgehead atoms. The highest BCUT2D eigenvalue weighted by Gasteiger charge is 2.38. The van der Waals surface area contributed by atoms with Gasteiger partial charge in [-0.1, -0.05) is 0 Å². The van der Waals surface area contributed by atoms with E-state index in [0.29, 0.717) is 11.6 Å². The Labute approximate surface area is 138 Å². The van der Waals surface area contributed by atoms with Crippen molar-refractivity contribution in [2.45, 2.75) is 19.6 Å². The van der Waals surface area contributed by atoms with E-state index in [1.807, 2.05) is 12.1 Å². The van der Waals surface area contributed by atoms with E-state index in [0.717, 1.165) is 10.9 Å². The van der Waals surface area contributed by atoms with E-state index in [-0.39, 0.29) is 5.57 Å². The Bertz CT molecular complexity index is 835. The summed E-state index contributed by atoms with van der Waals surface area (Å²) in [7, 11) is 1.56. The minimum Gasteiger partial charge on any atom is -0.481 e. The molecular formula is C17H16N2O5. The molecule has 7 nitrogen and oxygen atoms in total. The lowest BCUT2D eigenvalue weighted by atomic mass is 10.2. The average molecular weight is 328 g/mol. The van der Waals surface area contributed by atoms with Crippen molar-refractivity contribution in [2.75, 3.05) is 12.4 Å². The van der Waals surface area contributed by atoms with E-state index in [1.165, 1.54) is 20.0 Å². The highest BCUT2D eigenvalue weighted by Crippen LogP contribution is 2.24. The standard InChI is InChI=1S/C17H16N2O5/c1-17(2)23-15(20)12(16(21)24-17)9-18-11-5-6-13-10(8-11)4-7-14(19-13)22-3/h4-9,18H,1-3H3. The second-order valence-corrected chi connectivity index (χ2v) is 5.64. The number of hydrogen-bond acceptors (Lipinski definition) is 7. The number of carbonyl (C=O) groups excluding carboxylic acids is 2. The van der Waals surface area contributed by atoms with Crippen molar-refractivity contribution in [2.24, 2.45) is 0 Å². The van der Waals surface area contributed by atoms with Gasteiger partial charge in [-0.2, -0.15) is 0 Å². The molecule has 1 aromatic heterocycles. The molecular weight excluding hydrogens is 312 g/mol. The van der Waals surface area contributed by atoms with Crippen LogP contribution in [0.2, 0.25) is 0 Å². The zero-order valence-electron chi connectivity index (χ0n) is 13.5. The zero-order chi connectivity index (χ0) is 17.3. The summed E-state index contributed by atoms with van der Waals surface area (Å²) < 4.78 is 15.1. The number of nitrogens with zero attached hydrogens (tertiary/aromatic N) is 1. The predicted octanol–water partition coefficient (Wildman–Crippen LogP) is 2.38. The number of hydrogen-bond donors (Lipinski definition) is 1. The first-order valence-corrected chi connectivity index (χ1v) is 7.26. The Morgan fingerprint density at radius 1 is 1.12 bits per heavy atom. The van der Waals surface area contributed by atoms with E-state index in [4.69, 9.17) is 14.2 Å². The average Bonchev–Trinajstić information content (AvgIpc) is 2.52. The normalized spacial score (nSPS) is 16.4. The summed E-state index contributed by atoms with van der Waals surface area (Å²) in [5.41, 5.74) is 1.26. The number of nitrogens with one attached hydrogen (secondary N) is 1. The summed E-state index contributed by atoms with van der Waals surface area (Å²) >= 11 is 0. The number of fused-ring (bicyclic) bond motifs is 1. The van der Waals surface area contributed by atoms with E-state index in [9.17, 15) is 9.59 Å². The molecule has 24 heavy (non-hydrogen) atoms. The van der Waals surface area contributed by atoms with Crippen LogP contribution in [0.15, 0.2) is 42.1 Å². The van der Waals surface area contributed by atoms with Crippen LogP contribution in [0.5, 0.6) is 5.88 Å². The molecule has 0 saturated carbocycles. The first kappa shape index (κ1) is 15.8. The number of ether oxygens (including phenoxy) is 3. The summed E-state index contributed by atoms with van der Waals surface area (Å²) in [6.07, 6.45) is 1.28. The Morgan fingerprint density at radius 3 is 2.50 bits per heavy atom. The number of cyclic esters (lactones) is 2. The van der Waals surface area contributed by atoms with E-state index in [2.05, 4.69) is 10.3 Å². The van der Waals surface area contributed by atoms with Crippen molar-refractivity contribution < 1.29 is 23.8 Å². The van der Waals surface area contributed by atoms with Crippen molar-refractivity contribution >= 4 is 28.5 Å². The Kier molecular flexibility index (Phi) is 3.84. The van der Waals surface area contributed by atoms with Gasteiger partial charge in [-0.3, -0.25) is 0 Å². The molecule has 0 unspecified atom stereocenters. The summed E-state index contributed by atoms with van der Waals surface area (Å²) in [5.74, 6) is -2.17. The molecule has 0 amide bonds. The highest BCUT2D eigenvalue weighted by atomic mass is 16.7. The minimum absolute atomic E-state index is 0.192. The third-order valence-corrected chi connectivity index (χ3v) is 3.37. The molecule has 7 heteroatoms. The predicted molar refractivity (Wildman–Crippen MR) is 86.3 cm³/mol. The summed E-state index contributed by atoms with van der Waals surface area (Å²) in [6.45, 7) is 3.00. The molecule has 1 saturated heterocycles. The Balaban J connectivity index is 1.82. The van der Waals surface area contributed by atoms with Crippen LogP contribution >= 0.6 is 0 Å². The topological polar surface area (TPSA) is 86.8 Å². The molecule has 1 fully saturated rings. The van der Waals surface area contributed by atoms with Gasteiger partial charge >= 0.3 is 11.9 Å². The molecule has 124 valence electrons. The van der Waals surface area contributed by atoms with E-state index < -0.39 is 17.7 Å². The van der Waals surface area contributed by atoms with Crippen LogP contribution in [0, 0.1) is 0 Å². The first-order valence-electron chi connectivity index (χ1n) is 7.26.